The first-order valence-electron chi connectivity index (χ1n) is 9.34. The number of aromatic nitrogens is 1. The predicted octanol–water partition coefficient (Wildman–Crippen LogP) is 1.92. The van der Waals surface area contributed by atoms with Gasteiger partial charge in [0.15, 0.2) is 0 Å². The number of amides is 1. The SMILES string of the molecule is CN(C)CCn1c(=O)c(=Cc2ccc(O)cc2)s/c1=C1\C(=O)Nc2ccc(Br)cc21. The topological polar surface area (TPSA) is 74.6 Å². The van der Waals surface area contributed by atoms with Crippen molar-refractivity contribution in [1.82, 2.24) is 9.47 Å². The number of halogens is 1. The summed E-state index contributed by atoms with van der Waals surface area (Å²) in [6.07, 6.45) is 1.79. The monoisotopic (exact) mass is 485 g/mol. The highest BCUT2D eigenvalue weighted by molar-refractivity contribution is 9.10. The molecule has 0 bridgehead atoms. The zero-order chi connectivity index (χ0) is 21.4. The van der Waals surface area contributed by atoms with Crippen LogP contribution in [-0.4, -0.2) is 41.1 Å². The third kappa shape index (κ3) is 3.98. The van der Waals surface area contributed by atoms with Crippen LogP contribution >= 0.6 is 27.3 Å². The molecule has 1 amide bonds. The van der Waals surface area contributed by atoms with E-state index in [0.29, 0.717) is 27.9 Å². The van der Waals surface area contributed by atoms with Crippen LogP contribution in [0.3, 0.4) is 0 Å². The molecule has 2 N–H and O–H groups in total. The highest BCUT2D eigenvalue weighted by atomic mass is 79.9. The van der Waals surface area contributed by atoms with E-state index in [4.69, 9.17) is 0 Å². The van der Waals surface area contributed by atoms with E-state index in [2.05, 4.69) is 21.2 Å². The van der Waals surface area contributed by atoms with Crippen LogP contribution in [0.15, 0.2) is 51.7 Å². The molecule has 0 fully saturated rings. The van der Waals surface area contributed by atoms with Crippen molar-refractivity contribution >= 4 is 50.5 Å². The molecule has 0 saturated heterocycles. The summed E-state index contributed by atoms with van der Waals surface area (Å²) < 4.78 is 3.73. The lowest BCUT2D eigenvalue weighted by Crippen LogP contribution is -2.36. The number of phenolic OH excluding ortho intramolecular Hbond substituents is 1. The third-order valence-electron chi connectivity index (χ3n) is 4.81. The van der Waals surface area contributed by atoms with Crippen LogP contribution in [-0.2, 0) is 11.3 Å². The summed E-state index contributed by atoms with van der Waals surface area (Å²) >= 11 is 4.78. The van der Waals surface area contributed by atoms with Crippen LogP contribution in [0, 0.1) is 0 Å². The Kier molecular flexibility index (Phi) is 5.64. The second-order valence-corrected chi connectivity index (χ2v) is 9.23. The average Bonchev–Trinajstić information content (AvgIpc) is 3.17. The van der Waals surface area contributed by atoms with Crippen LogP contribution in [0.4, 0.5) is 5.69 Å². The van der Waals surface area contributed by atoms with Crippen molar-refractivity contribution in [3.05, 3.63) is 77.6 Å². The molecule has 0 unspecified atom stereocenters. The molecule has 2 aromatic carbocycles. The van der Waals surface area contributed by atoms with E-state index in [9.17, 15) is 14.7 Å². The van der Waals surface area contributed by atoms with Gasteiger partial charge in [-0.25, -0.2) is 0 Å². The molecule has 1 aromatic heterocycles. The number of aromatic hydroxyl groups is 1. The van der Waals surface area contributed by atoms with Gasteiger partial charge < -0.3 is 15.3 Å². The van der Waals surface area contributed by atoms with Gasteiger partial charge in [-0.3, -0.25) is 14.2 Å². The minimum absolute atomic E-state index is 0.131. The van der Waals surface area contributed by atoms with Crippen molar-refractivity contribution in [3.63, 3.8) is 0 Å². The molecule has 0 atom stereocenters. The van der Waals surface area contributed by atoms with E-state index in [0.717, 1.165) is 21.3 Å². The molecular formula is C22H20BrN3O3S. The maximum absolute atomic E-state index is 13.2. The van der Waals surface area contributed by atoms with Gasteiger partial charge in [0, 0.05) is 28.8 Å². The van der Waals surface area contributed by atoms with E-state index < -0.39 is 0 Å². The van der Waals surface area contributed by atoms with Crippen LogP contribution in [0.25, 0.3) is 11.6 Å². The number of benzene rings is 2. The molecule has 30 heavy (non-hydrogen) atoms. The lowest BCUT2D eigenvalue weighted by atomic mass is 10.1. The molecule has 154 valence electrons. The number of nitrogens with one attached hydrogen (secondary N) is 1. The second-order valence-electron chi connectivity index (χ2n) is 7.29. The Bertz CT molecular complexity index is 1310. The van der Waals surface area contributed by atoms with Crippen LogP contribution in [0.2, 0.25) is 0 Å². The van der Waals surface area contributed by atoms with Gasteiger partial charge in [0.25, 0.3) is 11.5 Å². The summed E-state index contributed by atoms with van der Waals surface area (Å²) in [5.74, 6) is -0.0399. The molecule has 1 aliphatic heterocycles. The minimum Gasteiger partial charge on any atom is -0.508 e. The molecule has 1 aliphatic rings. The second kappa shape index (κ2) is 8.22. The number of likely N-dealkylation sites (N-methyl/N-ethyl adjacent to an activating group) is 1. The molecule has 6 nitrogen and oxygen atoms in total. The summed E-state index contributed by atoms with van der Waals surface area (Å²) in [6.45, 7) is 1.14. The van der Waals surface area contributed by atoms with Gasteiger partial charge >= 0.3 is 0 Å². The fourth-order valence-corrected chi connectivity index (χ4v) is 4.83. The van der Waals surface area contributed by atoms with E-state index >= 15 is 0 Å². The summed E-state index contributed by atoms with van der Waals surface area (Å²) in [5, 5.41) is 12.4. The van der Waals surface area contributed by atoms with Crippen molar-refractivity contribution in [3.8, 4) is 5.75 Å². The van der Waals surface area contributed by atoms with E-state index in [1.54, 1.807) is 34.9 Å². The highest BCUT2D eigenvalue weighted by Crippen LogP contribution is 2.32. The first-order valence-corrected chi connectivity index (χ1v) is 10.9. The van der Waals surface area contributed by atoms with E-state index in [1.165, 1.54) is 11.3 Å². The van der Waals surface area contributed by atoms with Crippen LogP contribution in [0.5, 0.6) is 5.75 Å². The number of nitrogens with zero attached hydrogens (tertiary/aromatic N) is 2. The van der Waals surface area contributed by atoms with Gasteiger partial charge in [0.2, 0.25) is 0 Å². The number of fused-ring (bicyclic) bond motifs is 1. The predicted molar refractivity (Wildman–Crippen MR) is 123 cm³/mol. The quantitative estimate of drug-likeness (QED) is 0.591. The molecule has 0 saturated carbocycles. The Labute approximate surface area is 185 Å². The van der Waals surface area contributed by atoms with Crippen molar-refractivity contribution in [2.24, 2.45) is 0 Å². The Morgan fingerprint density at radius 1 is 1.17 bits per heavy atom. The smallest absolute Gasteiger partial charge is 0.269 e. The van der Waals surface area contributed by atoms with Gasteiger partial charge in [-0.05, 0) is 56.1 Å². The normalized spacial score (nSPS) is 15.6. The van der Waals surface area contributed by atoms with Crippen molar-refractivity contribution in [2.45, 2.75) is 6.54 Å². The number of phenols is 1. The molecule has 8 heteroatoms. The first-order chi connectivity index (χ1) is 14.3. The molecule has 3 aromatic rings. The molecule has 4 rings (SSSR count). The molecule has 2 heterocycles. The number of carbonyl (C=O) groups excluding carboxylic acids is 1. The van der Waals surface area contributed by atoms with Gasteiger partial charge in [0.1, 0.15) is 10.4 Å². The number of carbonyl (C=O) groups is 1. The lowest BCUT2D eigenvalue weighted by molar-refractivity contribution is -0.110. The standard InChI is InChI=1S/C22H20BrN3O3S/c1-25(2)9-10-26-21(29)18(11-13-3-6-15(27)7-4-13)30-22(26)19-16-12-14(23)5-8-17(16)24-20(19)28/h3-8,11-12,27H,9-10H2,1-2H3,(H,24,28)/b18-11?,22-19-. The zero-order valence-corrected chi connectivity index (χ0v) is 18.9. The number of hydrogen-bond donors (Lipinski definition) is 2. The van der Waals surface area contributed by atoms with Gasteiger partial charge in [-0.1, -0.05) is 28.1 Å². The van der Waals surface area contributed by atoms with Crippen molar-refractivity contribution in [1.29, 1.82) is 0 Å². The number of rotatable bonds is 4. The molecule has 0 radical (unpaired) electrons. The van der Waals surface area contributed by atoms with Gasteiger partial charge in [-0.15, -0.1) is 11.3 Å². The first kappa shape index (κ1) is 20.6. The van der Waals surface area contributed by atoms with Crippen LogP contribution in [0.1, 0.15) is 11.1 Å². The summed E-state index contributed by atoms with van der Waals surface area (Å²) in [4.78, 5) is 28.1. The Balaban J connectivity index is 1.99. The number of anilines is 1. The van der Waals surface area contributed by atoms with E-state index in [-0.39, 0.29) is 17.2 Å². The van der Waals surface area contributed by atoms with Gasteiger partial charge in [0.05, 0.1) is 10.1 Å². The van der Waals surface area contributed by atoms with Crippen LogP contribution < -0.4 is 20.1 Å². The summed E-state index contributed by atoms with van der Waals surface area (Å²) in [5.41, 5.74) is 2.71. The molecular weight excluding hydrogens is 466 g/mol. The highest BCUT2D eigenvalue weighted by Gasteiger charge is 2.27. The summed E-state index contributed by atoms with van der Waals surface area (Å²) in [6, 6.07) is 12.3. The fraction of sp³-hybridized carbons (Fsp3) is 0.182. The lowest BCUT2D eigenvalue weighted by Gasteiger charge is -2.10. The zero-order valence-electron chi connectivity index (χ0n) is 16.5. The van der Waals surface area contributed by atoms with Crippen molar-refractivity contribution < 1.29 is 9.90 Å². The maximum atomic E-state index is 13.2. The minimum atomic E-state index is -0.209. The largest absolute Gasteiger partial charge is 0.508 e. The molecule has 0 spiro atoms. The Morgan fingerprint density at radius 3 is 2.60 bits per heavy atom. The molecule has 0 aliphatic carbocycles. The third-order valence-corrected chi connectivity index (χ3v) is 6.43. The fourth-order valence-electron chi connectivity index (χ4n) is 3.28. The average molecular weight is 486 g/mol. The summed E-state index contributed by atoms with van der Waals surface area (Å²) in [7, 11) is 3.89. The van der Waals surface area contributed by atoms with E-state index in [1.807, 2.05) is 37.2 Å². The number of hydrogen-bond acceptors (Lipinski definition) is 5. The Morgan fingerprint density at radius 2 is 1.90 bits per heavy atom. The van der Waals surface area contributed by atoms with Gasteiger partial charge in [-0.2, -0.15) is 0 Å². The van der Waals surface area contributed by atoms with Crippen molar-refractivity contribution in [2.75, 3.05) is 26.0 Å². The Hall–Kier alpha value is -2.68. The number of thiazole rings is 1. The maximum Gasteiger partial charge on any atom is 0.269 e.